The zero-order valence-electron chi connectivity index (χ0n) is 17.9. The van der Waals surface area contributed by atoms with Crippen molar-refractivity contribution in [1.82, 2.24) is 9.97 Å². The van der Waals surface area contributed by atoms with Gasteiger partial charge in [-0.3, -0.25) is 4.79 Å². The number of rotatable bonds is 9. The van der Waals surface area contributed by atoms with E-state index < -0.39 is 0 Å². The summed E-state index contributed by atoms with van der Waals surface area (Å²) >= 11 is 0. The lowest BCUT2D eigenvalue weighted by Crippen LogP contribution is -2.13. The number of unbranched alkanes of at least 4 members (excludes halogenated alkanes) is 2. The number of esters is 1. The van der Waals surface area contributed by atoms with Gasteiger partial charge in [-0.15, -0.1) is 0 Å². The van der Waals surface area contributed by atoms with Crippen molar-refractivity contribution in [1.29, 1.82) is 0 Å². The standard InChI is InChI=1S/C25H34N2O2/c1-3-5-6-8-24(28)29-23-17-26-25(27-18-23)22-15-13-21(14-16-22)20-11-9-19(7-4-2)10-12-20/h13-20H,3-12H2,1-2H3. The van der Waals surface area contributed by atoms with Crippen molar-refractivity contribution in [2.24, 2.45) is 5.92 Å². The highest BCUT2D eigenvalue weighted by Crippen LogP contribution is 2.37. The molecule has 0 N–H and O–H groups in total. The summed E-state index contributed by atoms with van der Waals surface area (Å²) in [5, 5.41) is 0. The molecule has 4 heteroatoms. The molecule has 0 saturated heterocycles. The number of aromatic nitrogens is 2. The second kappa shape index (κ2) is 11.1. The summed E-state index contributed by atoms with van der Waals surface area (Å²) in [6, 6.07) is 8.68. The Morgan fingerprint density at radius 2 is 1.66 bits per heavy atom. The van der Waals surface area contributed by atoms with E-state index in [1.807, 2.05) is 0 Å². The average Bonchev–Trinajstić information content (AvgIpc) is 2.75. The van der Waals surface area contributed by atoms with Gasteiger partial charge >= 0.3 is 5.97 Å². The van der Waals surface area contributed by atoms with Gasteiger partial charge in [0.2, 0.25) is 0 Å². The van der Waals surface area contributed by atoms with Crippen LogP contribution in [0.5, 0.6) is 5.75 Å². The van der Waals surface area contributed by atoms with E-state index in [2.05, 4.69) is 48.1 Å². The van der Waals surface area contributed by atoms with Gasteiger partial charge in [0.25, 0.3) is 0 Å². The highest BCUT2D eigenvalue weighted by molar-refractivity contribution is 5.72. The third-order valence-corrected chi connectivity index (χ3v) is 6.03. The fourth-order valence-electron chi connectivity index (χ4n) is 4.32. The summed E-state index contributed by atoms with van der Waals surface area (Å²) in [4.78, 5) is 20.6. The van der Waals surface area contributed by atoms with Gasteiger partial charge in [-0.2, -0.15) is 0 Å². The molecule has 0 spiro atoms. The zero-order chi connectivity index (χ0) is 20.5. The summed E-state index contributed by atoms with van der Waals surface area (Å²) in [5.74, 6) is 2.48. The van der Waals surface area contributed by atoms with Crippen LogP contribution in [-0.4, -0.2) is 15.9 Å². The minimum absolute atomic E-state index is 0.215. The molecule has 0 aliphatic heterocycles. The third-order valence-electron chi connectivity index (χ3n) is 6.03. The van der Waals surface area contributed by atoms with E-state index in [1.54, 1.807) is 12.4 Å². The molecule has 0 radical (unpaired) electrons. The smallest absolute Gasteiger partial charge is 0.311 e. The maximum absolute atomic E-state index is 11.8. The number of ether oxygens (including phenoxy) is 1. The van der Waals surface area contributed by atoms with Crippen LogP contribution in [0.4, 0.5) is 0 Å². The van der Waals surface area contributed by atoms with Gasteiger partial charge in [-0.25, -0.2) is 9.97 Å². The Labute approximate surface area is 175 Å². The lowest BCUT2D eigenvalue weighted by molar-refractivity contribution is -0.134. The first-order valence-corrected chi connectivity index (χ1v) is 11.3. The largest absolute Gasteiger partial charge is 0.423 e. The van der Waals surface area contributed by atoms with Crippen LogP contribution in [0.15, 0.2) is 36.7 Å². The van der Waals surface area contributed by atoms with E-state index in [0.29, 0.717) is 23.9 Å². The summed E-state index contributed by atoms with van der Waals surface area (Å²) < 4.78 is 5.31. The molecule has 0 atom stereocenters. The monoisotopic (exact) mass is 394 g/mol. The van der Waals surface area contributed by atoms with E-state index in [1.165, 1.54) is 44.1 Å². The van der Waals surface area contributed by atoms with Crippen LogP contribution in [0, 0.1) is 5.92 Å². The van der Waals surface area contributed by atoms with Crippen molar-refractivity contribution >= 4 is 5.97 Å². The van der Waals surface area contributed by atoms with Crippen molar-refractivity contribution in [2.45, 2.75) is 84.0 Å². The molecule has 1 aromatic heterocycles. The number of carbonyl (C=O) groups excluding carboxylic acids is 1. The number of nitrogens with zero attached hydrogens (tertiary/aromatic N) is 2. The van der Waals surface area contributed by atoms with Crippen LogP contribution in [0.3, 0.4) is 0 Å². The maximum Gasteiger partial charge on any atom is 0.311 e. The van der Waals surface area contributed by atoms with Crippen LogP contribution in [0.25, 0.3) is 11.4 Å². The quantitative estimate of drug-likeness (QED) is 0.350. The van der Waals surface area contributed by atoms with Crippen LogP contribution < -0.4 is 4.74 Å². The predicted octanol–water partition coefficient (Wildman–Crippen LogP) is 6.70. The first-order valence-electron chi connectivity index (χ1n) is 11.3. The van der Waals surface area contributed by atoms with Crippen LogP contribution >= 0.6 is 0 Å². The summed E-state index contributed by atoms with van der Waals surface area (Å²) in [5.41, 5.74) is 2.43. The van der Waals surface area contributed by atoms with E-state index in [-0.39, 0.29) is 5.97 Å². The summed E-state index contributed by atoms with van der Waals surface area (Å²) in [6.45, 7) is 4.40. The molecular formula is C25H34N2O2. The van der Waals surface area contributed by atoms with Crippen molar-refractivity contribution in [2.75, 3.05) is 0 Å². The molecule has 1 aromatic carbocycles. The minimum Gasteiger partial charge on any atom is -0.423 e. The van der Waals surface area contributed by atoms with Crippen LogP contribution in [0.1, 0.15) is 89.5 Å². The molecule has 156 valence electrons. The molecule has 3 rings (SSSR count). The molecule has 29 heavy (non-hydrogen) atoms. The number of hydrogen-bond acceptors (Lipinski definition) is 4. The molecule has 0 amide bonds. The fourth-order valence-corrected chi connectivity index (χ4v) is 4.32. The van der Waals surface area contributed by atoms with Crippen LogP contribution in [0.2, 0.25) is 0 Å². The van der Waals surface area contributed by atoms with E-state index in [9.17, 15) is 4.79 Å². The molecule has 1 aliphatic carbocycles. The highest BCUT2D eigenvalue weighted by atomic mass is 16.5. The van der Waals surface area contributed by atoms with E-state index in [4.69, 9.17) is 4.74 Å². The molecular weight excluding hydrogens is 360 g/mol. The molecule has 1 aliphatic rings. The van der Waals surface area contributed by atoms with Gasteiger partial charge in [0.15, 0.2) is 11.6 Å². The molecule has 0 unspecified atom stereocenters. The van der Waals surface area contributed by atoms with Crippen molar-refractivity contribution < 1.29 is 9.53 Å². The predicted molar refractivity (Wildman–Crippen MR) is 117 cm³/mol. The average molecular weight is 395 g/mol. The lowest BCUT2D eigenvalue weighted by atomic mass is 9.77. The minimum atomic E-state index is -0.215. The van der Waals surface area contributed by atoms with Crippen molar-refractivity contribution in [3.63, 3.8) is 0 Å². The Bertz CT molecular complexity index is 747. The van der Waals surface area contributed by atoms with E-state index in [0.717, 1.165) is 30.7 Å². The van der Waals surface area contributed by atoms with Gasteiger partial charge in [-0.1, -0.05) is 63.8 Å². The molecule has 1 heterocycles. The van der Waals surface area contributed by atoms with Gasteiger partial charge in [0.1, 0.15) is 0 Å². The third kappa shape index (κ3) is 6.38. The first-order chi connectivity index (χ1) is 14.2. The van der Waals surface area contributed by atoms with Gasteiger partial charge in [-0.05, 0) is 49.5 Å². The van der Waals surface area contributed by atoms with Gasteiger partial charge < -0.3 is 4.74 Å². The van der Waals surface area contributed by atoms with Crippen LogP contribution in [-0.2, 0) is 4.79 Å². The maximum atomic E-state index is 11.8. The number of carbonyl (C=O) groups is 1. The molecule has 1 saturated carbocycles. The SMILES string of the molecule is CCCCCC(=O)Oc1cnc(-c2ccc(C3CCC(CCC)CC3)cc2)nc1. The Kier molecular flexibility index (Phi) is 8.21. The second-order valence-electron chi connectivity index (χ2n) is 8.30. The van der Waals surface area contributed by atoms with Gasteiger partial charge in [0.05, 0.1) is 12.4 Å². The zero-order valence-corrected chi connectivity index (χ0v) is 17.9. The summed E-state index contributed by atoms with van der Waals surface area (Å²) in [6.07, 6.45) is 14.6. The molecule has 4 nitrogen and oxygen atoms in total. The lowest BCUT2D eigenvalue weighted by Gasteiger charge is -2.28. The molecule has 2 aromatic rings. The van der Waals surface area contributed by atoms with Crippen molar-refractivity contribution in [3.8, 4) is 17.1 Å². The first kappa shape index (κ1) is 21.5. The van der Waals surface area contributed by atoms with E-state index >= 15 is 0 Å². The Balaban J connectivity index is 1.54. The molecule has 0 bridgehead atoms. The summed E-state index contributed by atoms with van der Waals surface area (Å²) in [7, 11) is 0. The topological polar surface area (TPSA) is 52.1 Å². The Morgan fingerprint density at radius 3 is 2.28 bits per heavy atom. The Morgan fingerprint density at radius 1 is 0.966 bits per heavy atom. The normalized spacial score (nSPS) is 19.1. The number of hydrogen-bond donors (Lipinski definition) is 0. The molecule has 1 fully saturated rings. The highest BCUT2D eigenvalue weighted by Gasteiger charge is 2.21. The van der Waals surface area contributed by atoms with Gasteiger partial charge in [0, 0.05) is 12.0 Å². The second-order valence-corrected chi connectivity index (χ2v) is 8.30. The number of benzene rings is 1. The Hall–Kier alpha value is -2.23. The fraction of sp³-hybridized carbons (Fsp3) is 0.560. The van der Waals surface area contributed by atoms with Crippen molar-refractivity contribution in [3.05, 3.63) is 42.2 Å².